The van der Waals surface area contributed by atoms with Crippen LogP contribution in [0.3, 0.4) is 0 Å². The van der Waals surface area contributed by atoms with E-state index in [9.17, 15) is 5.11 Å². The molecule has 0 atom stereocenters. The minimum atomic E-state index is -0.141. The van der Waals surface area contributed by atoms with Gasteiger partial charge in [-0.15, -0.1) is 0 Å². The van der Waals surface area contributed by atoms with E-state index >= 15 is 0 Å². The second-order valence-corrected chi connectivity index (χ2v) is 3.49. The van der Waals surface area contributed by atoms with Crippen molar-refractivity contribution in [3.05, 3.63) is 18.2 Å². The number of hydrogen-bond acceptors (Lipinski definition) is 3. The van der Waals surface area contributed by atoms with Crippen LogP contribution in [0.25, 0.3) is 0 Å². The van der Waals surface area contributed by atoms with Gasteiger partial charge in [-0.1, -0.05) is 26.5 Å². The van der Waals surface area contributed by atoms with Crippen molar-refractivity contribution >= 4 is 0 Å². The van der Waals surface area contributed by atoms with Gasteiger partial charge in [-0.3, -0.25) is 0 Å². The third kappa shape index (κ3) is 3.09. The van der Waals surface area contributed by atoms with Crippen molar-refractivity contribution in [3.63, 3.8) is 0 Å². The molecule has 0 fully saturated rings. The maximum absolute atomic E-state index is 10.6. The van der Waals surface area contributed by atoms with Gasteiger partial charge in [0.1, 0.15) is 5.82 Å². The van der Waals surface area contributed by atoms with Crippen molar-refractivity contribution in [2.45, 2.75) is 26.2 Å². The van der Waals surface area contributed by atoms with Crippen molar-refractivity contribution in [3.8, 4) is 5.75 Å². The largest absolute Gasteiger partial charge is 1.00 e. The summed E-state index contributed by atoms with van der Waals surface area (Å²) in [6, 6.07) is 0. The van der Waals surface area contributed by atoms with Crippen LogP contribution >= 0.6 is 0 Å². The van der Waals surface area contributed by atoms with Crippen LogP contribution in [0.15, 0.2) is 12.4 Å². The summed E-state index contributed by atoms with van der Waals surface area (Å²) < 4.78 is 0. The Bertz CT molecular complexity index is 240. The normalized spacial score (nSPS) is 10.6. The average Bonchev–Trinajstić information content (AvgIpc) is 1.86. The zero-order chi connectivity index (χ0) is 8.48. The molecule has 0 amide bonds. The Kier molecular flexibility index (Phi) is 4.17. The molecule has 0 unspecified atom stereocenters. The molecule has 1 aromatic heterocycles. The first-order chi connectivity index (χ1) is 5.00. The van der Waals surface area contributed by atoms with E-state index in [1.165, 1.54) is 12.4 Å². The van der Waals surface area contributed by atoms with Gasteiger partial charge in [0.2, 0.25) is 0 Å². The summed E-state index contributed by atoms with van der Waals surface area (Å²) in [5.74, 6) is 0.565. The van der Waals surface area contributed by atoms with Crippen molar-refractivity contribution < 1.29 is 34.7 Å². The van der Waals surface area contributed by atoms with Crippen LogP contribution in [0.1, 0.15) is 26.6 Å². The molecule has 0 saturated carbocycles. The van der Waals surface area contributed by atoms with Gasteiger partial charge in [-0.25, -0.2) is 9.97 Å². The van der Waals surface area contributed by atoms with Crippen LogP contribution in [0.2, 0.25) is 0 Å². The number of nitrogens with zero attached hydrogens (tertiary/aromatic N) is 2. The molecule has 4 heteroatoms. The predicted octanol–water partition coefficient (Wildman–Crippen LogP) is -2.15. The van der Waals surface area contributed by atoms with Crippen LogP contribution in [0.5, 0.6) is 5.75 Å². The SMILES string of the molecule is CC(C)(C)c1ncc([O-])cn1.[Na+]. The van der Waals surface area contributed by atoms with Gasteiger partial charge in [0, 0.05) is 17.8 Å². The standard InChI is InChI=1S/C8H12N2O.Na/c1-8(2,3)7-9-4-6(11)5-10-7;/h4-5,11H,1-3H3;/q;+1/p-1. The Labute approximate surface area is 94.5 Å². The Balaban J connectivity index is 0.00000121. The zero-order valence-electron chi connectivity index (χ0n) is 7.96. The van der Waals surface area contributed by atoms with Crippen molar-refractivity contribution in [1.82, 2.24) is 9.97 Å². The van der Waals surface area contributed by atoms with Crippen LogP contribution < -0.4 is 34.7 Å². The monoisotopic (exact) mass is 174 g/mol. The summed E-state index contributed by atoms with van der Waals surface area (Å²) in [5.41, 5.74) is -0.0757. The summed E-state index contributed by atoms with van der Waals surface area (Å²) in [7, 11) is 0. The molecule has 3 nitrogen and oxygen atoms in total. The molecule has 0 aliphatic rings. The summed E-state index contributed by atoms with van der Waals surface area (Å²) >= 11 is 0. The van der Waals surface area contributed by atoms with Crippen molar-refractivity contribution in [2.75, 3.05) is 0 Å². The van der Waals surface area contributed by atoms with Gasteiger partial charge in [0.15, 0.2) is 0 Å². The molecular weight excluding hydrogens is 163 g/mol. The van der Waals surface area contributed by atoms with E-state index in [0.717, 1.165) is 0 Å². The predicted molar refractivity (Wildman–Crippen MR) is 40.2 cm³/mol. The zero-order valence-corrected chi connectivity index (χ0v) is 9.96. The minimum Gasteiger partial charge on any atom is -0.870 e. The third-order valence-electron chi connectivity index (χ3n) is 1.30. The van der Waals surface area contributed by atoms with Gasteiger partial charge in [0.05, 0.1) is 0 Å². The first-order valence-corrected chi connectivity index (χ1v) is 3.50. The average molecular weight is 174 g/mol. The van der Waals surface area contributed by atoms with Crippen molar-refractivity contribution in [2.24, 2.45) is 0 Å². The molecule has 0 bridgehead atoms. The molecule has 0 saturated heterocycles. The smallest absolute Gasteiger partial charge is 0.870 e. The van der Waals surface area contributed by atoms with Gasteiger partial charge in [-0.2, -0.15) is 0 Å². The van der Waals surface area contributed by atoms with E-state index in [0.29, 0.717) is 5.82 Å². The molecule has 60 valence electrons. The number of aromatic nitrogens is 2. The van der Waals surface area contributed by atoms with Crippen molar-refractivity contribution in [1.29, 1.82) is 0 Å². The molecule has 12 heavy (non-hydrogen) atoms. The van der Waals surface area contributed by atoms with Gasteiger partial charge in [0.25, 0.3) is 0 Å². The summed E-state index contributed by atoms with van der Waals surface area (Å²) in [6.45, 7) is 6.02. The molecular formula is C8H11N2NaO. The third-order valence-corrected chi connectivity index (χ3v) is 1.30. The van der Waals surface area contributed by atoms with E-state index < -0.39 is 0 Å². The number of hydrogen-bond donors (Lipinski definition) is 0. The fourth-order valence-electron chi connectivity index (χ4n) is 0.703. The topological polar surface area (TPSA) is 48.8 Å². The Morgan fingerprint density at radius 3 is 1.92 bits per heavy atom. The van der Waals surface area contributed by atoms with E-state index in [4.69, 9.17) is 0 Å². The quantitative estimate of drug-likeness (QED) is 0.421. The molecule has 1 heterocycles. The summed E-state index contributed by atoms with van der Waals surface area (Å²) in [4.78, 5) is 7.85. The molecule has 0 spiro atoms. The molecule has 0 aromatic carbocycles. The molecule has 0 radical (unpaired) electrons. The molecule has 0 aliphatic heterocycles. The second kappa shape index (κ2) is 4.21. The van der Waals surface area contributed by atoms with Crippen LogP contribution in [-0.2, 0) is 5.41 Å². The molecule has 0 N–H and O–H groups in total. The number of rotatable bonds is 0. The Morgan fingerprint density at radius 1 is 1.17 bits per heavy atom. The van der Waals surface area contributed by atoms with E-state index in [-0.39, 0.29) is 40.7 Å². The Morgan fingerprint density at radius 2 is 1.58 bits per heavy atom. The molecule has 0 aliphatic carbocycles. The van der Waals surface area contributed by atoms with Gasteiger partial charge < -0.3 is 5.11 Å². The second-order valence-electron chi connectivity index (χ2n) is 3.49. The van der Waals surface area contributed by atoms with Gasteiger partial charge in [-0.05, 0) is 0 Å². The van der Waals surface area contributed by atoms with E-state index in [1.807, 2.05) is 20.8 Å². The maximum Gasteiger partial charge on any atom is 1.00 e. The fourth-order valence-corrected chi connectivity index (χ4v) is 0.703. The minimum absolute atomic E-state index is 0. The first kappa shape index (κ1) is 11.9. The Hall–Kier alpha value is -0.120. The summed E-state index contributed by atoms with van der Waals surface area (Å²) in [5, 5.41) is 10.6. The molecule has 1 rings (SSSR count). The van der Waals surface area contributed by atoms with Gasteiger partial charge >= 0.3 is 29.6 Å². The first-order valence-electron chi connectivity index (χ1n) is 3.50. The van der Waals surface area contributed by atoms with Crippen LogP contribution in [0, 0.1) is 0 Å². The maximum atomic E-state index is 10.6. The summed E-state index contributed by atoms with van der Waals surface area (Å²) in [6.07, 6.45) is 2.60. The fraction of sp³-hybridized carbons (Fsp3) is 0.500. The van der Waals surface area contributed by atoms with Crippen LogP contribution in [-0.4, -0.2) is 9.97 Å². The van der Waals surface area contributed by atoms with E-state index in [1.54, 1.807) is 0 Å². The van der Waals surface area contributed by atoms with Crippen LogP contribution in [0.4, 0.5) is 0 Å². The van der Waals surface area contributed by atoms with E-state index in [2.05, 4.69) is 9.97 Å². The molecule has 1 aromatic rings.